The van der Waals surface area contributed by atoms with Crippen molar-refractivity contribution in [3.8, 4) is 0 Å². The molecule has 2 aliphatic rings. The average molecular weight is 474 g/mol. The molecule has 6 nitrogen and oxygen atoms in total. The number of aromatic amines is 1. The molecule has 2 aromatic carbocycles. The Bertz CT molecular complexity index is 1330. The predicted molar refractivity (Wildman–Crippen MR) is 122 cm³/mol. The number of hydrogen-bond donors (Lipinski definition) is 2. The Balaban J connectivity index is 0.00000133. The van der Waals surface area contributed by atoms with E-state index in [1.165, 1.54) is 28.0 Å². The number of carbonyl (C=O) groups excluding carboxylic acids is 1. The van der Waals surface area contributed by atoms with Crippen molar-refractivity contribution in [3.63, 3.8) is 0 Å². The predicted octanol–water partition coefficient (Wildman–Crippen LogP) is 5.07. The molecule has 178 valence electrons. The Kier molecular flexibility index (Phi) is 6.32. The van der Waals surface area contributed by atoms with Crippen LogP contribution in [0.1, 0.15) is 36.2 Å². The summed E-state index contributed by atoms with van der Waals surface area (Å²) >= 11 is 0. The van der Waals surface area contributed by atoms with Gasteiger partial charge in [-0.05, 0) is 37.1 Å². The molecule has 0 unspecified atom stereocenters. The van der Waals surface area contributed by atoms with Crippen molar-refractivity contribution in [2.24, 2.45) is 0 Å². The first-order valence-electron chi connectivity index (χ1n) is 10.9. The maximum Gasteiger partial charge on any atom is 0.262 e. The summed E-state index contributed by atoms with van der Waals surface area (Å²) in [5.41, 5.74) is 0.0777. The number of aromatic nitrogens is 1. The van der Waals surface area contributed by atoms with Crippen LogP contribution in [0, 0.1) is 23.3 Å². The minimum atomic E-state index is -1.21. The molecule has 1 amide bonds. The zero-order chi connectivity index (χ0) is 24.6. The van der Waals surface area contributed by atoms with Gasteiger partial charge in [0.05, 0.1) is 16.9 Å². The van der Waals surface area contributed by atoms with E-state index in [0.717, 1.165) is 18.2 Å². The van der Waals surface area contributed by atoms with Gasteiger partial charge in [-0.15, -0.1) is 0 Å². The van der Waals surface area contributed by atoms with E-state index < -0.39 is 34.7 Å². The van der Waals surface area contributed by atoms with Gasteiger partial charge in [0.1, 0.15) is 12.5 Å². The van der Waals surface area contributed by atoms with Gasteiger partial charge in [0.25, 0.3) is 5.91 Å². The molecule has 3 heterocycles. The minimum absolute atomic E-state index is 0.0376. The summed E-state index contributed by atoms with van der Waals surface area (Å²) in [6.07, 6.45) is 0.498. The van der Waals surface area contributed by atoms with E-state index in [-0.39, 0.29) is 41.4 Å². The van der Waals surface area contributed by atoms with E-state index in [1.807, 2.05) is 13.8 Å². The summed E-state index contributed by atoms with van der Waals surface area (Å²) in [7, 11) is 0. The highest BCUT2D eigenvalue weighted by Crippen LogP contribution is 2.40. The van der Waals surface area contributed by atoms with Crippen LogP contribution in [0.5, 0.6) is 0 Å². The standard InChI is InChI=1S/C22H16F4N4O2.C2H6/c23-13-3-4-16-11(20(13)26)2-1-7-27-21-17(5-6-19(31)28-21)30-10-29(16)18-9-15(25)14(24)8-12(18)22(30)32;1-2/h3-6,8-9H,1-2,7,10H2,(H2,27,28,31);1-2H3. The van der Waals surface area contributed by atoms with Crippen molar-refractivity contribution in [2.75, 3.05) is 28.3 Å². The molecule has 0 fully saturated rings. The number of H-pyrrole nitrogens is 1. The van der Waals surface area contributed by atoms with Gasteiger partial charge < -0.3 is 15.2 Å². The van der Waals surface area contributed by atoms with Crippen molar-refractivity contribution in [1.82, 2.24) is 4.98 Å². The topological polar surface area (TPSA) is 68.4 Å². The van der Waals surface area contributed by atoms with E-state index in [2.05, 4.69) is 10.3 Å². The summed E-state index contributed by atoms with van der Waals surface area (Å²) in [5.74, 6) is -4.83. The zero-order valence-corrected chi connectivity index (χ0v) is 18.5. The van der Waals surface area contributed by atoms with Gasteiger partial charge >= 0.3 is 0 Å². The maximum absolute atomic E-state index is 14.8. The van der Waals surface area contributed by atoms with Gasteiger partial charge in [0.2, 0.25) is 5.56 Å². The van der Waals surface area contributed by atoms with Gasteiger partial charge in [0, 0.05) is 29.9 Å². The first-order chi connectivity index (χ1) is 16.3. The van der Waals surface area contributed by atoms with E-state index in [9.17, 15) is 27.2 Å². The number of benzene rings is 2. The zero-order valence-electron chi connectivity index (χ0n) is 18.5. The summed E-state index contributed by atoms with van der Waals surface area (Å²) < 4.78 is 57.0. The number of fused-ring (bicyclic) bond motifs is 8. The Morgan fingerprint density at radius 1 is 0.824 bits per heavy atom. The largest absolute Gasteiger partial charge is 0.370 e. The van der Waals surface area contributed by atoms with Crippen LogP contribution >= 0.6 is 0 Å². The lowest BCUT2D eigenvalue weighted by molar-refractivity contribution is 0.0983. The molecule has 2 bridgehead atoms. The fourth-order valence-corrected chi connectivity index (χ4v) is 4.13. The Morgan fingerprint density at radius 3 is 2.29 bits per heavy atom. The van der Waals surface area contributed by atoms with E-state index in [0.29, 0.717) is 18.7 Å². The van der Waals surface area contributed by atoms with Gasteiger partial charge in [-0.1, -0.05) is 13.8 Å². The number of rotatable bonds is 0. The molecule has 0 saturated carbocycles. The molecule has 2 aliphatic heterocycles. The number of nitrogens with one attached hydrogen (secondary N) is 2. The van der Waals surface area contributed by atoms with Crippen LogP contribution in [0.25, 0.3) is 0 Å². The number of anilines is 4. The number of carbonyl (C=O) groups is 1. The fraction of sp³-hybridized carbons (Fsp3) is 0.250. The van der Waals surface area contributed by atoms with Gasteiger partial charge in [-0.3, -0.25) is 14.5 Å². The quantitative estimate of drug-likeness (QED) is 0.447. The van der Waals surface area contributed by atoms with Gasteiger partial charge in [0.15, 0.2) is 23.3 Å². The number of nitrogens with zero attached hydrogens (tertiary/aromatic N) is 2. The second-order valence-electron chi connectivity index (χ2n) is 7.56. The highest BCUT2D eigenvalue weighted by atomic mass is 19.2. The molecule has 0 atom stereocenters. The van der Waals surface area contributed by atoms with Crippen molar-refractivity contribution < 1.29 is 22.4 Å². The van der Waals surface area contributed by atoms with Gasteiger partial charge in [-0.2, -0.15) is 0 Å². The normalized spacial score (nSPS) is 14.6. The molecule has 3 aromatic rings. The SMILES string of the molecule is CC.O=C1c2cc(F)c(F)cc2N2CN1c1ccc(=O)[nH]c1NCCCc1c2ccc(F)c1F. The molecular weight excluding hydrogens is 452 g/mol. The average Bonchev–Trinajstić information content (AvgIpc) is 2.85. The maximum atomic E-state index is 14.8. The lowest BCUT2D eigenvalue weighted by Gasteiger charge is -2.39. The van der Waals surface area contributed by atoms with Crippen molar-refractivity contribution in [2.45, 2.75) is 26.7 Å². The van der Waals surface area contributed by atoms with Crippen LogP contribution in [-0.2, 0) is 6.42 Å². The number of halogens is 4. The summed E-state index contributed by atoms with van der Waals surface area (Å²) in [5, 5.41) is 3.02. The third kappa shape index (κ3) is 3.89. The van der Waals surface area contributed by atoms with Crippen molar-refractivity contribution in [1.29, 1.82) is 0 Å². The fourth-order valence-electron chi connectivity index (χ4n) is 4.13. The molecule has 0 radical (unpaired) electrons. The van der Waals surface area contributed by atoms with Crippen LogP contribution in [-0.4, -0.2) is 24.1 Å². The Labute approximate surface area is 192 Å². The molecule has 1 aromatic heterocycles. The third-order valence-electron chi connectivity index (χ3n) is 5.64. The number of hydrogen-bond acceptors (Lipinski definition) is 4. The molecule has 0 saturated heterocycles. The smallest absolute Gasteiger partial charge is 0.262 e. The monoisotopic (exact) mass is 474 g/mol. The first kappa shape index (κ1) is 23.3. The van der Waals surface area contributed by atoms with Crippen LogP contribution in [0.2, 0.25) is 0 Å². The lowest BCUT2D eigenvalue weighted by atomic mass is 10.0. The summed E-state index contributed by atoms with van der Waals surface area (Å²) in [6.45, 7) is 4.09. The van der Waals surface area contributed by atoms with Crippen molar-refractivity contribution >= 4 is 28.8 Å². The third-order valence-corrected chi connectivity index (χ3v) is 5.64. The lowest BCUT2D eigenvalue weighted by Crippen LogP contribution is -2.46. The molecule has 10 heteroatoms. The van der Waals surface area contributed by atoms with Crippen molar-refractivity contribution in [3.05, 3.63) is 81.1 Å². The number of amides is 1. The van der Waals surface area contributed by atoms with Crippen LogP contribution in [0.15, 0.2) is 41.2 Å². The molecule has 5 rings (SSSR count). The van der Waals surface area contributed by atoms with Crippen LogP contribution < -0.4 is 20.7 Å². The van der Waals surface area contributed by atoms with Crippen LogP contribution in [0.3, 0.4) is 0 Å². The molecule has 34 heavy (non-hydrogen) atoms. The Morgan fingerprint density at radius 2 is 1.53 bits per heavy atom. The highest BCUT2D eigenvalue weighted by Gasteiger charge is 2.35. The Hall–Kier alpha value is -3.82. The van der Waals surface area contributed by atoms with E-state index >= 15 is 0 Å². The minimum Gasteiger partial charge on any atom is -0.370 e. The molecule has 0 aliphatic carbocycles. The van der Waals surface area contributed by atoms with Gasteiger partial charge in [-0.25, -0.2) is 17.6 Å². The first-order valence-corrected chi connectivity index (χ1v) is 10.9. The second-order valence-corrected chi connectivity index (χ2v) is 7.56. The summed E-state index contributed by atoms with van der Waals surface area (Å²) in [6, 6.07) is 6.64. The van der Waals surface area contributed by atoms with Crippen LogP contribution in [0.4, 0.5) is 40.4 Å². The second kappa shape index (κ2) is 9.20. The highest BCUT2D eigenvalue weighted by molar-refractivity contribution is 6.13. The van der Waals surface area contributed by atoms with E-state index in [4.69, 9.17) is 0 Å². The number of pyridine rings is 1. The van der Waals surface area contributed by atoms with E-state index in [1.54, 1.807) is 0 Å². The summed E-state index contributed by atoms with van der Waals surface area (Å²) in [4.78, 5) is 30.5. The molecular formula is C24H22F4N4O2. The molecule has 2 N–H and O–H groups in total. The molecule has 0 spiro atoms.